The van der Waals surface area contributed by atoms with Crippen LogP contribution in [-0.4, -0.2) is 26.8 Å². The van der Waals surface area contributed by atoms with E-state index in [1.165, 1.54) is 45.6 Å². The first kappa shape index (κ1) is 31.7. The molecule has 6 nitrogen and oxygen atoms in total. The van der Waals surface area contributed by atoms with E-state index in [1.807, 2.05) is 13.1 Å². The normalized spacial score (nSPS) is 19.6. The van der Waals surface area contributed by atoms with Gasteiger partial charge in [0.25, 0.3) is 5.91 Å². The summed E-state index contributed by atoms with van der Waals surface area (Å²) in [6.45, 7) is 15.8. The molecule has 5 rings (SSSR count). The lowest BCUT2D eigenvalue weighted by atomic mass is 9.84. The lowest BCUT2D eigenvalue weighted by Gasteiger charge is -2.20. The van der Waals surface area contributed by atoms with Crippen molar-refractivity contribution in [3.8, 4) is 11.3 Å². The van der Waals surface area contributed by atoms with Crippen molar-refractivity contribution in [2.24, 2.45) is 18.9 Å². The number of allylic oxidation sites excluding steroid dienone is 8. The number of aromatic nitrogens is 2. The second-order valence-electron chi connectivity index (χ2n) is 12.6. The van der Waals surface area contributed by atoms with Crippen LogP contribution >= 0.6 is 0 Å². The van der Waals surface area contributed by atoms with E-state index in [0.29, 0.717) is 23.4 Å². The molecule has 3 aromatic rings. The Morgan fingerprint density at radius 2 is 1.80 bits per heavy atom. The molecule has 0 radical (unpaired) electrons. The Morgan fingerprint density at radius 1 is 1.07 bits per heavy atom. The van der Waals surface area contributed by atoms with E-state index in [-0.39, 0.29) is 18.0 Å². The molecule has 3 atom stereocenters. The summed E-state index contributed by atoms with van der Waals surface area (Å²) in [6.07, 6.45) is 11.4. The van der Waals surface area contributed by atoms with Gasteiger partial charge in [0.05, 0.1) is 11.3 Å². The van der Waals surface area contributed by atoms with Crippen LogP contribution in [0.2, 0.25) is 0 Å². The predicted octanol–water partition coefficient (Wildman–Crippen LogP) is 8.66. The third-order valence-corrected chi connectivity index (χ3v) is 9.33. The van der Waals surface area contributed by atoms with Crippen molar-refractivity contribution in [2.45, 2.75) is 59.9 Å². The van der Waals surface area contributed by atoms with Gasteiger partial charge >= 0.3 is 5.97 Å². The number of hydrogen-bond acceptors (Lipinski definition) is 3. The molecular weight excluding hydrogens is 558 g/mol. The molecule has 0 saturated heterocycles. The molecule has 1 aromatic heterocycles. The number of benzene rings is 2. The maximum atomic E-state index is 13.0. The number of carbonyl (C=O) groups excluding carboxylic acids is 1. The third kappa shape index (κ3) is 6.85. The van der Waals surface area contributed by atoms with Crippen molar-refractivity contribution in [1.82, 2.24) is 15.1 Å². The standard InChI is InChI=1S/C39H43N3O3/c1-8-28-17-31(23(2)3)19-33(16-25(28)5)32-15-24(4)26(6)35-14-13-30(18-34(35)20-32)37-21-36(41-42(37)7)38(43)40-22-27-9-11-29(12-10-27)39(44)45/h9-14,16-21,24,26,28H,2,8,15,22H2,1,3-7H3,(H,40,43)(H,44,45). The summed E-state index contributed by atoms with van der Waals surface area (Å²) in [4.78, 5) is 24.1. The van der Waals surface area contributed by atoms with Crippen LogP contribution in [0.5, 0.6) is 0 Å². The molecule has 1 amide bonds. The molecule has 0 spiro atoms. The Morgan fingerprint density at radius 3 is 2.47 bits per heavy atom. The van der Waals surface area contributed by atoms with Crippen molar-refractivity contribution >= 4 is 18.0 Å². The first-order valence-corrected chi connectivity index (χ1v) is 15.7. The van der Waals surface area contributed by atoms with Gasteiger partial charge in [-0.3, -0.25) is 9.48 Å². The summed E-state index contributed by atoms with van der Waals surface area (Å²) in [5.41, 5.74) is 12.0. The molecule has 2 aliphatic carbocycles. The molecule has 3 unspecified atom stereocenters. The number of carbonyl (C=O) groups is 2. The van der Waals surface area contributed by atoms with E-state index in [2.05, 4.69) is 94.1 Å². The van der Waals surface area contributed by atoms with Gasteiger partial charge in [0, 0.05) is 19.2 Å². The Hall–Kier alpha value is -4.71. The SMILES string of the molecule is C=C(C)C1=CC(CC)C(C)=CC(C2=Cc3cc(-c4cc(C(=O)NCc5ccc(C(=O)O)cc5)nn4C)ccc3C(C)C(C)C2)=C1. The van der Waals surface area contributed by atoms with Crippen LogP contribution in [-0.2, 0) is 13.6 Å². The number of rotatable bonds is 8. The first-order chi connectivity index (χ1) is 21.4. The van der Waals surface area contributed by atoms with Gasteiger partial charge in [-0.1, -0.05) is 81.0 Å². The number of fused-ring (bicyclic) bond motifs is 1. The minimum atomic E-state index is -0.979. The minimum absolute atomic E-state index is 0.210. The maximum absolute atomic E-state index is 13.0. The highest BCUT2D eigenvalue weighted by Crippen LogP contribution is 2.41. The smallest absolute Gasteiger partial charge is 0.335 e. The van der Waals surface area contributed by atoms with E-state index in [0.717, 1.165) is 35.2 Å². The van der Waals surface area contributed by atoms with Gasteiger partial charge in [-0.25, -0.2) is 4.79 Å². The lowest BCUT2D eigenvalue weighted by Crippen LogP contribution is -2.23. The van der Waals surface area contributed by atoms with Crippen molar-refractivity contribution in [1.29, 1.82) is 0 Å². The second-order valence-corrected chi connectivity index (χ2v) is 12.6. The highest BCUT2D eigenvalue weighted by Gasteiger charge is 2.25. The van der Waals surface area contributed by atoms with Gasteiger partial charge in [0.1, 0.15) is 0 Å². The van der Waals surface area contributed by atoms with Crippen LogP contribution in [0.15, 0.2) is 101 Å². The molecule has 6 heteroatoms. The number of hydrogen-bond donors (Lipinski definition) is 2. The molecule has 1 heterocycles. The summed E-state index contributed by atoms with van der Waals surface area (Å²) >= 11 is 0. The lowest BCUT2D eigenvalue weighted by molar-refractivity contribution is 0.0696. The minimum Gasteiger partial charge on any atom is -0.478 e. The Balaban J connectivity index is 1.45. The zero-order valence-electron chi connectivity index (χ0n) is 27.1. The van der Waals surface area contributed by atoms with Gasteiger partial charge in [-0.15, -0.1) is 0 Å². The Labute approximate surface area is 266 Å². The molecule has 0 fully saturated rings. The van der Waals surface area contributed by atoms with Crippen LogP contribution in [0.1, 0.15) is 90.9 Å². The topological polar surface area (TPSA) is 84.2 Å². The van der Waals surface area contributed by atoms with Gasteiger partial charge < -0.3 is 10.4 Å². The van der Waals surface area contributed by atoms with E-state index < -0.39 is 5.97 Å². The third-order valence-electron chi connectivity index (χ3n) is 9.33. The summed E-state index contributed by atoms with van der Waals surface area (Å²) < 4.78 is 1.75. The van der Waals surface area contributed by atoms with Crippen LogP contribution in [0.25, 0.3) is 17.3 Å². The molecular formula is C39H43N3O3. The molecule has 2 aromatic carbocycles. The number of aryl methyl sites for hydroxylation is 1. The van der Waals surface area contributed by atoms with Gasteiger partial charge in [0.2, 0.25) is 0 Å². The number of amides is 1. The molecule has 0 saturated carbocycles. The fourth-order valence-corrected chi connectivity index (χ4v) is 6.29. The van der Waals surface area contributed by atoms with Crippen LogP contribution < -0.4 is 5.32 Å². The van der Waals surface area contributed by atoms with Crippen molar-refractivity contribution < 1.29 is 14.7 Å². The molecule has 45 heavy (non-hydrogen) atoms. The molecule has 2 aliphatic rings. The summed E-state index contributed by atoms with van der Waals surface area (Å²) in [5.74, 6) is -0.00900. The number of nitrogens with one attached hydrogen (secondary N) is 1. The van der Waals surface area contributed by atoms with E-state index in [4.69, 9.17) is 5.11 Å². The van der Waals surface area contributed by atoms with Crippen LogP contribution in [0.4, 0.5) is 0 Å². The highest BCUT2D eigenvalue weighted by atomic mass is 16.4. The number of carboxylic acid groups (broad SMARTS) is 1. The van der Waals surface area contributed by atoms with Crippen molar-refractivity contribution in [2.75, 3.05) is 0 Å². The van der Waals surface area contributed by atoms with E-state index >= 15 is 0 Å². The monoisotopic (exact) mass is 601 g/mol. The molecule has 0 bridgehead atoms. The highest BCUT2D eigenvalue weighted by molar-refractivity contribution is 5.93. The summed E-state index contributed by atoms with van der Waals surface area (Å²) in [6, 6.07) is 14.9. The van der Waals surface area contributed by atoms with Crippen LogP contribution in [0.3, 0.4) is 0 Å². The fourth-order valence-electron chi connectivity index (χ4n) is 6.29. The van der Waals surface area contributed by atoms with Gasteiger partial charge in [0.15, 0.2) is 5.69 Å². The summed E-state index contributed by atoms with van der Waals surface area (Å²) in [7, 11) is 1.86. The van der Waals surface area contributed by atoms with E-state index in [1.54, 1.807) is 16.8 Å². The van der Waals surface area contributed by atoms with Crippen molar-refractivity contribution in [3.05, 3.63) is 129 Å². The zero-order valence-corrected chi connectivity index (χ0v) is 27.1. The number of aromatic carboxylic acids is 1. The second kappa shape index (κ2) is 13.1. The Kier molecular flexibility index (Phi) is 9.24. The fraction of sp³-hybridized carbons (Fsp3) is 0.308. The molecule has 0 aliphatic heterocycles. The first-order valence-electron chi connectivity index (χ1n) is 15.7. The predicted molar refractivity (Wildman–Crippen MR) is 182 cm³/mol. The van der Waals surface area contributed by atoms with Gasteiger partial charge in [-0.05, 0) is 108 Å². The van der Waals surface area contributed by atoms with Gasteiger partial charge in [-0.2, -0.15) is 5.10 Å². The quantitative estimate of drug-likeness (QED) is 0.271. The molecule has 2 N–H and O–H groups in total. The average Bonchev–Trinajstić information content (AvgIpc) is 3.25. The summed E-state index contributed by atoms with van der Waals surface area (Å²) in [5, 5.41) is 16.5. The largest absolute Gasteiger partial charge is 0.478 e. The van der Waals surface area contributed by atoms with E-state index in [9.17, 15) is 9.59 Å². The maximum Gasteiger partial charge on any atom is 0.335 e. The van der Waals surface area contributed by atoms with Crippen LogP contribution in [0, 0.1) is 11.8 Å². The zero-order chi connectivity index (χ0) is 32.4. The number of carboxylic acids is 1. The Bertz CT molecular complexity index is 1780. The number of nitrogens with zero attached hydrogens (tertiary/aromatic N) is 2. The molecule has 232 valence electrons. The average molecular weight is 602 g/mol. The van der Waals surface area contributed by atoms with Crippen molar-refractivity contribution in [3.63, 3.8) is 0 Å².